The largest absolute Gasteiger partial charge is 0.330 e. The SMILES string of the molecule is Cn1c(=O)n(C)c2cc(NC(=O)CCN)ccc21. The molecule has 18 heavy (non-hydrogen) atoms. The van der Waals surface area contributed by atoms with Gasteiger partial charge in [-0.15, -0.1) is 0 Å². The molecule has 0 radical (unpaired) electrons. The van der Waals surface area contributed by atoms with E-state index in [1.165, 1.54) is 0 Å². The van der Waals surface area contributed by atoms with Crippen LogP contribution >= 0.6 is 0 Å². The van der Waals surface area contributed by atoms with E-state index in [0.29, 0.717) is 12.2 Å². The molecular weight excluding hydrogens is 232 g/mol. The highest BCUT2D eigenvalue weighted by molar-refractivity contribution is 5.93. The number of anilines is 1. The van der Waals surface area contributed by atoms with Gasteiger partial charge in [0.15, 0.2) is 0 Å². The predicted octanol–water partition coefficient (Wildman–Crippen LogP) is 0.164. The number of fused-ring (bicyclic) bond motifs is 1. The molecule has 0 aliphatic rings. The van der Waals surface area contributed by atoms with Gasteiger partial charge in [-0.2, -0.15) is 0 Å². The van der Waals surface area contributed by atoms with Crippen LogP contribution in [0.15, 0.2) is 23.0 Å². The third-order valence-corrected chi connectivity index (χ3v) is 2.93. The summed E-state index contributed by atoms with van der Waals surface area (Å²) in [5.41, 5.74) is 7.51. The van der Waals surface area contributed by atoms with Crippen molar-refractivity contribution >= 4 is 22.6 Å². The Bertz CT molecular complexity index is 654. The predicted molar refractivity (Wildman–Crippen MR) is 70.5 cm³/mol. The van der Waals surface area contributed by atoms with E-state index < -0.39 is 0 Å². The molecule has 2 aromatic rings. The van der Waals surface area contributed by atoms with Gasteiger partial charge in [-0.3, -0.25) is 13.9 Å². The van der Waals surface area contributed by atoms with Crippen molar-refractivity contribution in [3.05, 3.63) is 28.7 Å². The van der Waals surface area contributed by atoms with Crippen molar-refractivity contribution in [3.8, 4) is 0 Å². The zero-order valence-electron chi connectivity index (χ0n) is 10.4. The number of hydrogen-bond donors (Lipinski definition) is 2. The maximum Gasteiger partial charge on any atom is 0.328 e. The van der Waals surface area contributed by atoms with Gasteiger partial charge in [0.05, 0.1) is 11.0 Å². The van der Waals surface area contributed by atoms with E-state index in [4.69, 9.17) is 5.73 Å². The standard InChI is InChI=1S/C12H16N4O2/c1-15-9-4-3-8(14-11(17)5-6-13)7-10(9)16(2)12(15)18/h3-4,7H,5-6,13H2,1-2H3,(H,14,17). The maximum absolute atomic E-state index is 11.7. The molecular formula is C12H16N4O2. The van der Waals surface area contributed by atoms with Gasteiger partial charge in [0.2, 0.25) is 5.91 Å². The van der Waals surface area contributed by atoms with Gasteiger partial charge in [0.1, 0.15) is 0 Å². The van der Waals surface area contributed by atoms with E-state index in [9.17, 15) is 9.59 Å². The van der Waals surface area contributed by atoms with Crippen LogP contribution in [0.4, 0.5) is 5.69 Å². The Hall–Kier alpha value is -2.08. The number of amides is 1. The van der Waals surface area contributed by atoms with Crippen LogP contribution in [0.2, 0.25) is 0 Å². The lowest BCUT2D eigenvalue weighted by molar-refractivity contribution is -0.116. The number of carbonyl (C=O) groups is 1. The van der Waals surface area contributed by atoms with E-state index in [1.54, 1.807) is 35.4 Å². The second kappa shape index (κ2) is 4.66. The summed E-state index contributed by atoms with van der Waals surface area (Å²) in [6.45, 7) is 0.317. The lowest BCUT2D eigenvalue weighted by atomic mass is 10.2. The van der Waals surface area contributed by atoms with Crippen molar-refractivity contribution in [2.75, 3.05) is 11.9 Å². The minimum Gasteiger partial charge on any atom is -0.330 e. The van der Waals surface area contributed by atoms with Gasteiger partial charge in [-0.25, -0.2) is 4.79 Å². The van der Waals surface area contributed by atoms with Crippen LogP contribution in [-0.2, 0) is 18.9 Å². The van der Waals surface area contributed by atoms with Gasteiger partial charge in [-0.05, 0) is 18.2 Å². The number of nitrogens with zero attached hydrogens (tertiary/aromatic N) is 2. The summed E-state index contributed by atoms with van der Waals surface area (Å²) >= 11 is 0. The second-order valence-electron chi connectivity index (χ2n) is 4.19. The summed E-state index contributed by atoms with van der Waals surface area (Å²) in [6, 6.07) is 5.37. The minimum atomic E-state index is -0.127. The summed E-state index contributed by atoms with van der Waals surface area (Å²) in [7, 11) is 3.42. The Morgan fingerprint density at radius 2 is 1.94 bits per heavy atom. The number of aryl methyl sites for hydroxylation is 2. The van der Waals surface area contributed by atoms with E-state index >= 15 is 0 Å². The number of nitrogens with two attached hydrogens (primary N) is 1. The molecule has 6 heteroatoms. The molecule has 96 valence electrons. The van der Waals surface area contributed by atoms with Crippen LogP contribution in [-0.4, -0.2) is 21.6 Å². The monoisotopic (exact) mass is 248 g/mol. The lowest BCUT2D eigenvalue weighted by Crippen LogP contribution is -2.19. The van der Waals surface area contributed by atoms with Crippen LogP contribution in [0.25, 0.3) is 11.0 Å². The van der Waals surface area contributed by atoms with E-state index in [-0.39, 0.29) is 18.0 Å². The summed E-state index contributed by atoms with van der Waals surface area (Å²) in [5.74, 6) is -0.127. The molecule has 0 bridgehead atoms. The number of carbonyl (C=O) groups excluding carboxylic acids is 1. The highest BCUT2D eigenvalue weighted by Crippen LogP contribution is 2.17. The summed E-state index contributed by atoms with van der Waals surface area (Å²) in [6.07, 6.45) is 0.283. The fraction of sp³-hybridized carbons (Fsp3) is 0.333. The Labute approximate surface area is 104 Å². The van der Waals surface area contributed by atoms with Gasteiger partial charge < -0.3 is 11.1 Å². The second-order valence-corrected chi connectivity index (χ2v) is 4.19. The normalized spacial score (nSPS) is 10.8. The Morgan fingerprint density at radius 3 is 2.61 bits per heavy atom. The first-order valence-electron chi connectivity index (χ1n) is 5.70. The highest BCUT2D eigenvalue weighted by atomic mass is 16.2. The molecule has 1 aromatic carbocycles. The zero-order valence-corrected chi connectivity index (χ0v) is 10.4. The molecule has 0 spiro atoms. The van der Waals surface area contributed by atoms with Crippen molar-refractivity contribution in [2.45, 2.75) is 6.42 Å². The third kappa shape index (κ3) is 2.02. The fourth-order valence-corrected chi connectivity index (χ4v) is 1.94. The van der Waals surface area contributed by atoms with E-state index in [0.717, 1.165) is 11.0 Å². The molecule has 1 aromatic heterocycles. The van der Waals surface area contributed by atoms with Gasteiger partial charge in [-0.1, -0.05) is 0 Å². The molecule has 0 fully saturated rings. The number of imidazole rings is 1. The molecule has 1 amide bonds. The van der Waals surface area contributed by atoms with Crippen molar-refractivity contribution in [2.24, 2.45) is 19.8 Å². The zero-order chi connectivity index (χ0) is 13.3. The van der Waals surface area contributed by atoms with Crippen LogP contribution in [0.1, 0.15) is 6.42 Å². The third-order valence-electron chi connectivity index (χ3n) is 2.93. The van der Waals surface area contributed by atoms with E-state index in [1.807, 2.05) is 6.07 Å². The topological polar surface area (TPSA) is 82.0 Å². The average Bonchev–Trinajstić information content (AvgIpc) is 2.55. The smallest absolute Gasteiger partial charge is 0.328 e. The number of nitrogens with one attached hydrogen (secondary N) is 1. The van der Waals surface area contributed by atoms with Crippen LogP contribution in [0, 0.1) is 0 Å². The fourth-order valence-electron chi connectivity index (χ4n) is 1.94. The van der Waals surface area contributed by atoms with Crippen molar-refractivity contribution in [1.29, 1.82) is 0 Å². The average molecular weight is 248 g/mol. The molecule has 0 atom stereocenters. The van der Waals surface area contributed by atoms with E-state index in [2.05, 4.69) is 5.32 Å². The number of benzene rings is 1. The summed E-state index contributed by atoms with van der Waals surface area (Å²) in [5, 5.41) is 2.75. The Kier molecular flexibility index (Phi) is 3.20. The van der Waals surface area contributed by atoms with Crippen molar-refractivity contribution in [3.63, 3.8) is 0 Å². The first-order valence-corrected chi connectivity index (χ1v) is 5.70. The van der Waals surface area contributed by atoms with Gasteiger partial charge in [0.25, 0.3) is 0 Å². The van der Waals surface area contributed by atoms with Crippen LogP contribution in [0.3, 0.4) is 0 Å². The van der Waals surface area contributed by atoms with Crippen molar-refractivity contribution < 1.29 is 4.79 Å². The molecule has 3 N–H and O–H groups in total. The number of aromatic nitrogens is 2. The molecule has 0 aliphatic heterocycles. The molecule has 0 saturated heterocycles. The summed E-state index contributed by atoms with van der Waals surface area (Å²) in [4.78, 5) is 23.2. The van der Waals surface area contributed by atoms with Crippen LogP contribution < -0.4 is 16.7 Å². The highest BCUT2D eigenvalue weighted by Gasteiger charge is 2.09. The molecule has 6 nitrogen and oxygen atoms in total. The molecule has 1 heterocycles. The van der Waals surface area contributed by atoms with Gasteiger partial charge in [0, 0.05) is 32.7 Å². The number of hydrogen-bond acceptors (Lipinski definition) is 3. The maximum atomic E-state index is 11.7. The van der Waals surface area contributed by atoms with Crippen LogP contribution in [0.5, 0.6) is 0 Å². The Balaban J connectivity index is 2.42. The minimum absolute atomic E-state index is 0.0876. The molecule has 0 unspecified atom stereocenters. The Morgan fingerprint density at radius 1 is 1.28 bits per heavy atom. The lowest BCUT2D eigenvalue weighted by Gasteiger charge is -2.04. The molecule has 0 saturated carbocycles. The quantitative estimate of drug-likeness (QED) is 0.812. The van der Waals surface area contributed by atoms with Crippen molar-refractivity contribution in [1.82, 2.24) is 9.13 Å². The first-order chi connectivity index (χ1) is 8.54. The molecule has 0 aliphatic carbocycles. The summed E-state index contributed by atoms with van der Waals surface area (Å²) < 4.78 is 3.12. The van der Waals surface area contributed by atoms with Gasteiger partial charge >= 0.3 is 5.69 Å². The first kappa shape index (κ1) is 12.4. The molecule has 2 rings (SSSR count). The number of rotatable bonds is 3.